The lowest BCUT2D eigenvalue weighted by molar-refractivity contribution is 0.0734. The van der Waals surface area contributed by atoms with Crippen molar-refractivity contribution in [2.45, 2.75) is 97.5 Å². The van der Waals surface area contributed by atoms with Crippen LogP contribution in [0.3, 0.4) is 0 Å². The molecule has 0 bridgehead atoms. The number of unbranched alkanes of at least 4 members (excludes halogenated alkanes) is 9. The number of urea groups is 1. The summed E-state index contributed by atoms with van der Waals surface area (Å²) >= 11 is 0. The smallest absolute Gasteiger partial charge is 0.411 e. The van der Waals surface area contributed by atoms with Crippen molar-refractivity contribution in [3.63, 3.8) is 0 Å². The number of rotatable bonds is 19. The van der Waals surface area contributed by atoms with Gasteiger partial charge >= 0.3 is 18.1 Å². The largest absolute Gasteiger partial charge is 0.494 e. The number of hydrogen-bond acceptors (Lipinski definition) is 6. The van der Waals surface area contributed by atoms with Gasteiger partial charge in [0.05, 0.1) is 12.2 Å². The van der Waals surface area contributed by atoms with Gasteiger partial charge in [0.2, 0.25) is 0 Å². The fourth-order valence-electron chi connectivity index (χ4n) is 4.58. The second-order valence-electron chi connectivity index (χ2n) is 11.4. The molecular weight excluding hydrogens is 582 g/mol. The lowest BCUT2D eigenvalue weighted by Crippen LogP contribution is -2.20. The number of hydrogen-bond donors (Lipinski definition) is 3. The molecule has 1 atom stereocenters. The zero-order chi connectivity index (χ0) is 33.0. The van der Waals surface area contributed by atoms with Crippen molar-refractivity contribution in [3.8, 4) is 11.5 Å². The molecule has 0 saturated heterocycles. The van der Waals surface area contributed by atoms with Crippen LogP contribution < -0.4 is 25.4 Å². The molecule has 0 aliphatic carbocycles. The van der Waals surface area contributed by atoms with E-state index in [-0.39, 0.29) is 6.10 Å². The van der Waals surface area contributed by atoms with E-state index in [1.807, 2.05) is 13.8 Å². The molecule has 0 saturated carbocycles. The first-order chi connectivity index (χ1) is 22.4. The third kappa shape index (κ3) is 14.1. The molecule has 9 nitrogen and oxygen atoms in total. The van der Waals surface area contributed by atoms with E-state index in [1.54, 1.807) is 72.8 Å². The minimum absolute atomic E-state index is 0.174. The third-order valence-electron chi connectivity index (χ3n) is 7.45. The van der Waals surface area contributed by atoms with E-state index in [4.69, 9.17) is 14.2 Å². The summed E-state index contributed by atoms with van der Waals surface area (Å²) in [6.07, 6.45) is 12.8. The molecule has 3 aromatic carbocycles. The Balaban J connectivity index is 1.33. The number of benzene rings is 3. The van der Waals surface area contributed by atoms with Crippen LogP contribution >= 0.6 is 0 Å². The summed E-state index contributed by atoms with van der Waals surface area (Å²) in [5, 5.41) is 8.11. The van der Waals surface area contributed by atoms with Crippen molar-refractivity contribution >= 4 is 35.2 Å². The monoisotopic (exact) mass is 631 g/mol. The van der Waals surface area contributed by atoms with Gasteiger partial charge < -0.3 is 24.8 Å². The van der Waals surface area contributed by atoms with Crippen molar-refractivity contribution in [1.29, 1.82) is 0 Å². The summed E-state index contributed by atoms with van der Waals surface area (Å²) < 4.78 is 16.5. The molecular formula is C37H49N3O6. The van der Waals surface area contributed by atoms with Crippen LogP contribution in [-0.4, -0.2) is 30.8 Å². The minimum Gasteiger partial charge on any atom is -0.494 e. The van der Waals surface area contributed by atoms with E-state index in [2.05, 4.69) is 22.9 Å². The van der Waals surface area contributed by atoms with E-state index in [0.717, 1.165) is 18.6 Å². The summed E-state index contributed by atoms with van der Waals surface area (Å²) in [7, 11) is 0. The van der Waals surface area contributed by atoms with E-state index >= 15 is 0 Å². The Hall–Kier alpha value is -4.53. The first kappa shape index (κ1) is 35.9. The van der Waals surface area contributed by atoms with Gasteiger partial charge in [0.25, 0.3) is 0 Å². The Morgan fingerprint density at radius 3 is 1.63 bits per heavy atom. The van der Waals surface area contributed by atoms with Crippen molar-refractivity contribution in [2.75, 3.05) is 22.6 Å². The summed E-state index contributed by atoms with van der Waals surface area (Å²) in [6.45, 7) is 6.67. The molecule has 0 fully saturated rings. The topological polar surface area (TPSA) is 115 Å². The maximum absolute atomic E-state index is 12.6. The fourth-order valence-corrected chi connectivity index (χ4v) is 4.58. The molecule has 0 spiro atoms. The zero-order valence-electron chi connectivity index (χ0n) is 27.4. The molecule has 3 rings (SSSR count). The van der Waals surface area contributed by atoms with Gasteiger partial charge in [-0.15, -0.1) is 0 Å². The molecule has 1 unspecified atom stereocenters. The predicted octanol–water partition coefficient (Wildman–Crippen LogP) is 10.2. The van der Waals surface area contributed by atoms with Gasteiger partial charge in [0.1, 0.15) is 17.6 Å². The van der Waals surface area contributed by atoms with Gasteiger partial charge in [-0.3, -0.25) is 5.32 Å². The SMILES string of the molecule is CCCCCCCCCCCCOc1ccc(C(=O)Oc2ccc(NC(=O)Nc3ccc(NC(=O)OC(C)CC)cc3)cc2)cc1. The molecule has 0 heterocycles. The average molecular weight is 632 g/mol. The first-order valence-electron chi connectivity index (χ1n) is 16.6. The number of amides is 3. The zero-order valence-corrected chi connectivity index (χ0v) is 27.4. The third-order valence-corrected chi connectivity index (χ3v) is 7.45. The number of esters is 1. The van der Waals surface area contributed by atoms with E-state index in [0.29, 0.717) is 35.0 Å². The van der Waals surface area contributed by atoms with Crippen LogP contribution in [0.2, 0.25) is 0 Å². The highest BCUT2D eigenvalue weighted by atomic mass is 16.6. The fraction of sp³-hybridized carbons (Fsp3) is 0.432. The average Bonchev–Trinajstić information content (AvgIpc) is 3.05. The Morgan fingerprint density at radius 2 is 1.09 bits per heavy atom. The molecule has 9 heteroatoms. The van der Waals surface area contributed by atoms with Crippen LogP contribution in [0.4, 0.5) is 26.7 Å². The van der Waals surface area contributed by atoms with Gasteiger partial charge in [-0.1, -0.05) is 71.6 Å². The maximum atomic E-state index is 12.6. The number of ether oxygens (including phenoxy) is 3. The number of carbonyl (C=O) groups is 3. The molecule has 0 aliphatic rings. The number of carbonyl (C=O) groups excluding carboxylic acids is 3. The Kier molecular flexibility index (Phi) is 16.0. The second kappa shape index (κ2) is 20.5. The van der Waals surface area contributed by atoms with Gasteiger partial charge in [-0.2, -0.15) is 0 Å². The van der Waals surface area contributed by atoms with Crippen LogP contribution in [0.5, 0.6) is 11.5 Å². The molecule has 248 valence electrons. The molecule has 46 heavy (non-hydrogen) atoms. The van der Waals surface area contributed by atoms with Crippen molar-refractivity contribution in [3.05, 3.63) is 78.4 Å². The Bertz CT molecular complexity index is 1330. The van der Waals surface area contributed by atoms with Crippen LogP contribution in [0.15, 0.2) is 72.8 Å². The molecule has 3 amide bonds. The van der Waals surface area contributed by atoms with Crippen LogP contribution in [0.25, 0.3) is 0 Å². The lowest BCUT2D eigenvalue weighted by atomic mass is 10.1. The quantitative estimate of drug-likeness (QED) is 0.0689. The molecule has 0 radical (unpaired) electrons. The van der Waals surface area contributed by atoms with Crippen molar-refractivity contribution < 1.29 is 28.6 Å². The second-order valence-corrected chi connectivity index (χ2v) is 11.4. The summed E-state index contributed by atoms with van der Waals surface area (Å²) in [5.74, 6) is 0.605. The highest BCUT2D eigenvalue weighted by molar-refractivity contribution is 6.00. The normalized spacial score (nSPS) is 11.3. The van der Waals surface area contributed by atoms with E-state index < -0.39 is 18.1 Å². The Labute approximate surface area is 273 Å². The van der Waals surface area contributed by atoms with Crippen molar-refractivity contribution in [2.24, 2.45) is 0 Å². The van der Waals surface area contributed by atoms with E-state index in [9.17, 15) is 14.4 Å². The lowest BCUT2D eigenvalue weighted by Gasteiger charge is -2.12. The number of anilines is 3. The number of nitrogens with one attached hydrogen (secondary N) is 3. The summed E-state index contributed by atoms with van der Waals surface area (Å²) in [5.41, 5.74) is 2.03. The van der Waals surface area contributed by atoms with Crippen LogP contribution in [-0.2, 0) is 4.74 Å². The highest BCUT2D eigenvalue weighted by Gasteiger charge is 2.11. The van der Waals surface area contributed by atoms with Gasteiger partial charge in [-0.05, 0) is 92.6 Å². The highest BCUT2D eigenvalue weighted by Crippen LogP contribution is 2.20. The summed E-state index contributed by atoms with van der Waals surface area (Å²) in [6, 6.07) is 19.7. The molecule has 3 aromatic rings. The predicted molar refractivity (Wildman–Crippen MR) is 184 cm³/mol. The Morgan fingerprint density at radius 1 is 0.609 bits per heavy atom. The van der Waals surface area contributed by atoms with Crippen LogP contribution in [0, 0.1) is 0 Å². The van der Waals surface area contributed by atoms with Gasteiger partial charge in [-0.25, -0.2) is 14.4 Å². The van der Waals surface area contributed by atoms with Crippen molar-refractivity contribution in [1.82, 2.24) is 0 Å². The molecule has 0 aliphatic heterocycles. The first-order valence-corrected chi connectivity index (χ1v) is 16.6. The summed E-state index contributed by atoms with van der Waals surface area (Å²) in [4.78, 5) is 36.9. The van der Waals surface area contributed by atoms with E-state index in [1.165, 1.54) is 57.8 Å². The van der Waals surface area contributed by atoms with Gasteiger partial charge in [0, 0.05) is 17.1 Å². The molecule has 0 aromatic heterocycles. The standard InChI is InChI=1S/C37H49N3O6/c1-4-6-7-8-9-10-11-12-13-14-27-44-33-23-15-29(16-24-33)35(41)46-34-25-21-31(22-26-34)39-36(42)38-30-17-19-32(20-18-30)40-37(43)45-28(3)5-2/h15-26,28H,4-14,27H2,1-3H3,(H,40,43)(H2,38,39,42). The molecule has 3 N–H and O–H groups in total. The van der Waals surface area contributed by atoms with Crippen LogP contribution in [0.1, 0.15) is 102 Å². The maximum Gasteiger partial charge on any atom is 0.411 e. The van der Waals surface area contributed by atoms with Gasteiger partial charge in [0.15, 0.2) is 0 Å². The minimum atomic E-state index is -0.528.